The van der Waals surface area contributed by atoms with Crippen LogP contribution >= 0.6 is 0 Å². The van der Waals surface area contributed by atoms with E-state index in [1.54, 1.807) is 38.1 Å². The molecule has 1 heterocycles. The summed E-state index contributed by atoms with van der Waals surface area (Å²) in [5, 5.41) is 1.92. The van der Waals surface area contributed by atoms with Gasteiger partial charge in [-0.25, -0.2) is 0 Å². The first-order valence-corrected chi connectivity index (χ1v) is 10.1. The highest BCUT2D eigenvalue weighted by molar-refractivity contribution is 6.21. The molecule has 2 amide bonds. The van der Waals surface area contributed by atoms with Gasteiger partial charge in [0.1, 0.15) is 0 Å². The van der Waals surface area contributed by atoms with E-state index in [1.165, 1.54) is 36.4 Å². The molecule has 2 aromatic carbocycles. The van der Waals surface area contributed by atoms with E-state index in [1.807, 2.05) is 5.32 Å². The fourth-order valence-electron chi connectivity index (χ4n) is 4.43. The summed E-state index contributed by atoms with van der Waals surface area (Å²) in [4.78, 5) is 40.4. The summed E-state index contributed by atoms with van der Waals surface area (Å²) < 4.78 is 44.2. The SMILES string of the molecule is CC1(C)CC(=O)C2=C(C1)N(c1ccccc1)C(=O)[C@]2(NC(=O)c1ccccc1)C(F)(F)F. The van der Waals surface area contributed by atoms with E-state index in [2.05, 4.69) is 0 Å². The van der Waals surface area contributed by atoms with Crippen LogP contribution in [-0.2, 0) is 9.59 Å². The monoisotopic (exact) mass is 442 g/mol. The summed E-state index contributed by atoms with van der Waals surface area (Å²) >= 11 is 0. The lowest BCUT2D eigenvalue weighted by molar-refractivity contribution is -0.186. The molecule has 5 nitrogen and oxygen atoms in total. The van der Waals surface area contributed by atoms with Crippen LogP contribution in [-0.4, -0.2) is 29.3 Å². The van der Waals surface area contributed by atoms with Crippen molar-refractivity contribution in [1.29, 1.82) is 0 Å². The predicted octanol–water partition coefficient (Wildman–Crippen LogP) is 4.41. The number of benzene rings is 2. The van der Waals surface area contributed by atoms with Crippen LogP contribution in [0.25, 0.3) is 0 Å². The van der Waals surface area contributed by atoms with Crippen LogP contribution in [0.5, 0.6) is 0 Å². The lowest BCUT2D eigenvalue weighted by Gasteiger charge is -2.35. The Morgan fingerprint density at radius 3 is 2.06 bits per heavy atom. The number of amides is 2. The molecule has 0 unspecified atom stereocenters. The van der Waals surface area contributed by atoms with Crippen LogP contribution in [0.3, 0.4) is 0 Å². The minimum absolute atomic E-state index is 0.0202. The highest BCUT2D eigenvalue weighted by Gasteiger charge is 2.71. The Bertz CT molecular complexity index is 1120. The van der Waals surface area contributed by atoms with Crippen molar-refractivity contribution >= 4 is 23.3 Å². The van der Waals surface area contributed by atoms with Gasteiger partial charge in [0.05, 0.1) is 5.57 Å². The standard InChI is InChI=1S/C24H21F3N2O3/c1-22(2)13-17-19(18(30)14-22)23(24(25,26)27,28-20(31)15-9-5-3-6-10-15)21(32)29(17)16-11-7-4-8-12-16/h3-12H,13-14H2,1-2H3,(H,28,31)/t23-/m0/s1. The first-order valence-electron chi connectivity index (χ1n) is 10.1. The second-order valence-corrected chi connectivity index (χ2v) is 8.81. The van der Waals surface area contributed by atoms with Gasteiger partial charge in [0.15, 0.2) is 5.78 Å². The predicted molar refractivity (Wildman–Crippen MR) is 112 cm³/mol. The van der Waals surface area contributed by atoms with Crippen LogP contribution in [0.2, 0.25) is 0 Å². The number of ketones is 1. The van der Waals surface area contributed by atoms with Gasteiger partial charge in [-0.1, -0.05) is 50.2 Å². The molecule has 0 spiro atoms. The normalized spacial score (nSPS) is 22.7. The molecule has 0 saturated heterocycles. The Hall–Kier alpha value is -3.42. The number of carbonyl (C=O) groups excluding carboxylic acids is 3. The molecule has 166 valence electrons. The van der Waals surface area contributed by atoms with Gasteiger partial charge in [-0.15, -0.1) is 0 Å². The minimum atomic E-state index is -5.24. The molecule has 1 aliphatic carbocycles. The van der Waals surface area contributed by atoms with Crippen molar-refractivity contribution in [1.82, 2.24) is 5.32 Å². The third-order valence-corrected chi connectivity index (χ3v) is 5.80. The molecule has 0 bridgehead atoms. The molecule has 4 rings (SSSR count). The Labute approximate surface area is 182 Å². The molecule has 32 heavy (non-hydrogen) atoms. The van der Waals surface area contributed by atoms with Crippen molar-refractivity contribution in [2.45, 2.75) is 38.4 Å². The van der Waals surface area contributed by atoms with Gasteiger partial charge in [0, 0.05) is 23.4 Å². The van der Waals surface area contributed by atoms with Gasteiger partial charge in [-0.2, -0.15) is 13.2 Å². The van der Waals surface area contributed by atoms with Crippen LogP contribution in [0.1, 0.15) is 37.0 Å². The number of nitrogens with zero attached hydrogens (tertiary/aromatic N) is 1. The molecule has 2 aromatic rings. The highest BCUT2D eigenvalue weighted by Crippen LogP contribution is 2.52. The number of nitrogens with one attached hydrogen (secondary N) is 1. The van der Waals surface area contributed by atoms with Gasteiger partial charge < -0.3 is 5.32 Å². The molecule has 1 aliphatic heterocycles. The molecule has 0 saturated carbocycles. The fourth-order valence-corrected chi connectivity index (χ4v) is 4.43. The zero-order valence-corrected chi connectivity index (χ0v) is 17.5. The van der Waals surface area contributed by atoms with Gasteiger partial charge >= 0.3 is 6.18 Å². The Kier molecular flexibility index (Phi) is 4.99. The van der Waals surface area contributed by atoms with Gasteiger partial charge in [0.2, 0.25) is 5.54 Å². The smallest absolute Gasteiger partial charge is 0.326 e. The number of para-hydroxylation sites is 1. The summed E-state index contributed by atoms with van der Waals surface area (Å²) in [5.41, 5.74) is -4.66. The molecule has 0 radical (unpaired) electrons. The van der Waals surface area contributed by atoms with E-state index >= 15 is 0 Å². The maximum Gasteiger partial charge on any atom is 0.425 e. The van der Waals surface area contributed by atoms with Crippen LogP contribution in [0.4, 0.5) is 18.9 Å². The number of anilines is 1. The van der Waals surface area contributed by atoms with Crippen molar-refractivity contribution in [3.05, 3.63) is 77.5 Å². The van der Waals surface area contributed by atoms with Crippen LogP contribution in [0.15, 0.2) is 71.9 Å². The summed E-state index contributed by atoms with van der Waals surface area (Å²) in [6.07, 6.45) is -5.33. The third kappa shape index (κ3) is 3.30. The second-order valence-electron chi connectivity index (χ2n) is 8.81. The topological polar surface area (TPSA) is 66.5 Å². The van der Waals surface area contributed by atoms with E-state index in [0.29, 0.717) is 0 Å². The van der Waals surface area contributed by atoms with E-state index in [0.717, 1.165) is 4.90 Å². The first-order chi connectivity index (χ1) is 15.0. The molecule has 1 atom stereocenters. The average Bonchev–Trinajstić information content (AvgIpc) is 2.97. The zero-order valence-electron chi connectivity index (χ0n) is 17.5. The third-order valence-electron chi connectivity index (χ3n) is 5.80. The number of rotatable bonds is 3. The Balaban J connectivity index is 1.95. The largest absolute Gasteiger partial charge is 0.425 e. The van der Waals surface area contributed by atoms with Crippen molar-refractivity contribution in [3.63, 3.8) is 0 Å². The average molecular weight is 442 g/mol. The van der Waals surface area contributed by atoms with Gasteiger partial charge in [-0.3, -0.25) is 19.3 Å². The zero-order chi connectivity index (χ0) is 23.3. The number of Topliss-reactive ketones (excluding diaryl/α,β-unsaturated/α-hetero) is 1. The molecule has 0 aromatic heterocycles. The molecular formula is C24H21F3N2O3. The highest BCUT2D eigenvalue weighted by atomic mass is 19.4. The minimum Gasteiger partial charge on any atom is -0.326 e. The van der Waals surface area contributed by atoms with Crippen molar-refractivity contribution in [2.75, 3.05) is 4.90 Å². The van der Waals surface area contributed by atoms with Crippen molar-refractivity contribution < 1.29 is 27.6 Å². The van der Waals surface area contributed by atoms with E-state index in [9.17, 15) is 27.6 Å². The number of halogens is 3. The van der Waals surface area contributed by atoms with E-state index in [-0.39, 0.29) is 29.8 Å². The molecular weight excluding hydrogens is 421 g/mol. The van der Waals surface area contributed by atoms with E-state index < -0.39 is 40.3 Å². The lowest BCUT2D eigenvalue weighted by atomic mass is 9.72. The maximum atomic E-state index is 14.7. The Morgan fingerprint density at radius 1 is 0.938 bits per heavy atom. The van der Waals surface area contributed by atoms with E-state index in [4.69, 9.17) is 0 Å². The Morgan fingerprint density at radius 2 is 1.50 bits per heavy atom. The van der Waals surface area contributed by atoms with Crippen LogP contribution in [0, 0.1) is 5.41 Å². The van der Waals surface area contributed by atoms with Gasteiger partial charge in [0.25, 0.3) is 11.8 Å². The summed E-state index contributed by atoms with van der Waals surface area (Å²) in [6.45, 7) is 3.52. The van der Waals surface area contributed by atoms with Crippen LogP contribution < -0.4 is 10.2 Å². The first kappa shape index (κ1) is 21.8. The van der Waals surface area contributed by atoms with Crippen molar-refractivity contribution in [3.8, 4) is 0 Å². The number of alkyl halides is 3. The summed E-state index contributed by atoms with van der Waals surface area (Å²) in [5.74, 6) is -3.29. The number of hydrogen-bond acceptors (Lipinski definition) is 3. The quantitative estimate of drug-likeness (QED) is 0.766. The number of carbonyl (C=O) groups is 3. The number of hydrogen-bond donors (Lipinski definition) is 1. The van der Waals surface area contributed by atoms with Crippen molar-refractivity contribution in [2.24, 2.45) is 5.41 Å². The lowest BCUT2D eigenvalue weighted by Crippen LogP contribution is -2.66. The fraction of sp³-hybridized carbons (Fsp3) is 0.292. The molecule has 2 aliphatic rings. The number of allylic oxidation sites excluding steroid dienone is 1. The van der Waals surface area contributed by atoms with Gasteiger partial charge in [-0.05, 0) is 36.1 Å². The molecule has 0 fully saturated rings. The summed E-state index contributed by atoms with van der Waals surface area (Å²) in [7, 11) is 0. The second kappa shape index (κ2) is 7.32. The maximum absolute atomic E-state index is 14.7. The molecule has 8 heteroatoms. The molecule has 1 N–H and O–H groups in total. The summed E-state index contributed by atoms with van der Waals surface area (Å²) in [6, 6.07) is 15.2.